The Morgan fingerprint density at radius 3 is 2.75 bits per heavy atom. The van der Waals surface area contributed by atoms with Crippen LogP contribution in [0, 0.1) is 0 Å². The van der Waals surface area contributed by atoms with Crippen molar-refractivity contribution in [2.75, 3.05) is 0 Å². The molecule has 1 heterocycles. The highest BCUT2D eigenvalue weighted by atomic mass is 15.2. The molecule has 0 spiro atoms. The maximum Gasteiger partial charge on any atom is 0.119 e. The van der Waals surface area contributed by atoms with E-state index in [1.165, 1.54) is 5.57 Å². The second kappa shape index (κ2) is 2.93. The fourth-order valence-corrected chi connectivity index (χ4v) is 1.32. The molecular weight excluding hydrogens is 150 g/mol. The number of hydrogen-bond acceptors (Lipinski definition) is 2. The number of allylic oxidation sites excluding steroid dienone is 4. The number of aromatic nitrogens is 3. The van der Waals surface area contributed by atoms with E-state index in [-0.39, 0.29) is 0 Å². The van der Waals surface area contributed by atoms with Crippen molar-refractivity contribution in [3.63, 3.8) is 0 Å². The fraction of sp³-hybridized carbons (Fsp3) is 0.333. The molecule has 0 N–H and O–H groups in total. The van der Waals surface area contributed by atoms with E-state index in [0.29, 0.717) is 6.04 Å². The Labute approximate surface area is 71.4 Å². The lowest BCUT2D eigenvalue weighted by Crippen LogP contribution is -2.05. The van der Waals surface area contributed by atoms with E-state index >= 15 is 0 Å². The summed E-state index contributed by atoms with van der Waals surface area (Å²) >= 11 is 0. The third-order valence-corrected chi connectivity index (χ3v) is 2.08. The molecule has 3 heteroatoms. The molecule has 2 rings (SSSR count). The highest BCUT2D eigenvalue weighted by Crippen LogP contribution is 2.19. The van der Waals surface area contributed by atoms with Crippen LogP contribution in [0.2, 0.25) is 0 Å². The summed E-state index contributed by atoms with van der Waals surface area (Å²) < 4.78 is 2.01. The van der Waals surface area contributed by atoms with E-state index in [9.17, 15) is 0 Å². The van der Waals surface area contributed by atoms with Gasteiger partial charge < -0.3 is 4.57 Å². The second-order valence-electron chi connectivity index (χ2n) is 3.02. The summed E-state index contributed by atoms with van der Waals surface area (Å²) in [5.41, 5.74) is 1.33. The van der Waals surface area contributed by atoms with E-state index in [0.717, 1.165) is 6.42 Å². The molecule has 1 unspecified atom stereocenters. The lowest BCUT2D eigenvalue weighted by atomic mass is 10.0. The van der Waals surface area contributed by atoms with E-state index in [4.69, 9.17) is 0 Å². The lowest BCUT2D eigenvalue weighted by Gasteiger charge is -2.14. The van der Waals surface area contributed by atoms with Crippen molar-refractivity contribution in [2.45, 2.75) is 19.4 Å². The molecule has 0 radical (unpaired) electrons. The Hall–Kier alpha value is -1.38. The number of rotatable bonds is 1. The van der Waals surface area contributed by atoms with Crippen LogP contribution in [0.4, 0.5) is 0 Å². The highest BCUT2D eigenvalue weighted by Gasteiger charge is 2.07. The Balaban J connectivity index is 2.15. The van der Waals surface area contributed by atoms with Crippen molar-refractivity contribution in [1.82, 2.24) is 14.8 Å². The summed E-state index contributed by atoms with van der Waals surface area (Å²) in [5, 5.41) is 7.55. The third kappa shape index (κ3) is 1.30. The van der Waals surface area contributed by atoms with E-state index in [1.807, 2.05) is 4.57 Å². The Morgan fingerprint density at radius 1 is 1.42 bits per heavy atom. The molecule has 1 aromatic rings. The Kier molecular flexibility index (Phi) is 1.78. The van der Waals surface area contributed by atoms with Crippen molar-refractivity contribution < 1.29 is 0 Å². The zero-order valence-electron chi connectivity index (χ0n) is 7.01. The van der Waals surface area contributed by atoms with Gasteiger partial charge in [-0.05, 0) is 13.3 Å². The molecule has 0 amide bonds. The molecule has 62 valence electrons. The highest BCUT2D eigenvalue weighted by molar-refractivity contribution is 5.22. The summed E-state index contributed by atoms with van der Waals surface area (Å²) in [6.07, 6.45) is 11.1. The van der Waals surface area contributed by atoms with Crippen LogP contribution in [0.5, 0.6) is 0 Å². The largest absolute Gasteiger partial charge is 0.313 e. The van der Waals surface area contributed by atoms with Crippen molar-refractivity contribution in [3.8, 4) is 0 Å². The van der Waals surface area contributed by atoms with Gasteiger partial charge in [-0.3, -0.25) is 0 Å². The summed E-state index contributed by atoms with van der Waals surface area (Å²) in [6, 6.07) is 0.406. The van der Waals surface area contributed by atoms with E-state index in [1.54, 1.807) is 12.7 Å². The molecular formula is C9H11N3. The quantitative estimate of drug-likeness (QED) is 0.628. The zero-order chi connectivity index (χ0) is 8.39. The predicted octanol–water partition coefficient (Wildman–Crippen LogP) is 1.73. The first-order valence-electron chi connectivity index (χ1n) is 4.05. The maximum atomic E-state index is 3.77. The van der Waals surface area contributed by atoms with Crippen LogP contribution in [-0.4, -0.2) is 14.8 Å². The monoisotopic (exact) mass is 161 g/mol. The molecule has 1 aromatic heterocycles. The van der Waals surface area contributed by atoms with Gasteiger partial charge in [-0.1, -0.05) is 23.8 Å². The summed E-state index contributed by atoms with van der Waals surface area (Å²) in [7, 11) is 0. The molecule has 3 nitrogen and oxygen atoms in total. The van der Waals surface area contributed by atoms with Gasteiger partial charge in [0, 0.05) is 0 Å². The van der Waals surface area contributed by atoms with Crippen molar-refractivity contribution >= 4 is 0 Å². The zero-order valence-corrected chi connectivity index (χ0v) is 7.01. The Morgan fingerprint density at radius 2 is 2.17 bits per heavy atom. The van der Waals surface area contributed by atoms with Gasteiger partial charge in [0.2, 0.25) is 0 Å². The van der Waals surface area contributed by atoms with E-state index in [2.05, 4.69) is 35.3 Å². The third-order valence-electron chi connectivity index (χ3n) is 2.08. The molecule has 1 atom stereocenters. The summed E-state index contributed by atoms with van der Waals surface area (Å²) in [6.45, 7) is 2.11. The first-order valence-corrected chi connectivity index (χ1v) is 4.05. The standard InChI is InChI=1S/C9H11N3/c1-8-2-4-9(5-3-8)12-6-10-11-7-12/h2-4,6-7,9H,5H2,1H3. The fourth-order valence-electron chi connectivity index (χ4n) is 1.32. The van der Waals surface area contributed by atoms with Crippen molar-refractivity contribution in [2.24, 2.45) is 0 Å². The minimum absolute atomic E-state index is 0.406. The molecule has 0 aromatic carbocycles. The predicted molar refractivity (Wildman–Crippen MR) is 46.6 cm³/mol. The minimum Gasteiger partial charge on any atom is -0.313 e. The molecule has 12 heavy (non-hydrogen) atoms. The van der Waals surface area contributed by atoms with Crippen LogP contribution >= 0.6 is 0 Å². The van der Waals surface area contributed by atoms with Gasteiger partial charge >= 0.3 is 0 Å². The van der Waals surface area contributed by atoms with Gasteiger partial charge in [0.1, 0.15) is 12.7 Å². The molecule has 1 aliphatic rings. The van der Waals surface area contributed by atoms with Gasteiger partial charge in [-0.15, -0.1) is 10.2 Å². The van der Waals surface area contributed by atoms with Gasteiger partial charge in [-0.25, -0.2) is 0 Å². The molecule has 0 saturated heterocycles. The van der Waals surface area contributed by atoms with Crippen LogP contribution < -0.4 is 0 Å². The van der Waals surface area contributed by atoms with Crippen LogP contribution in [0.15, 0.2) is 36.5 Å². The SMILES string of the molecule is CC1=CCC(n2cnnc2)C=C1. The molecule has 0 aliphatic heterocycles. The molecule has 0 saturated carbocycles. The summed E-state index contributed by atoms with van der Waals surface area (Å²) in [4.78, 5) is 0. The van der Waals surface area contributed by atoms with Crippen LogP contribution in [0.25, 0.3) is 0 Å². The van der Waals surface area contributed by atoms with Gasteiger partial charge in [0.15, 0.2) is 0 Å². The summed E-state index contributed by atoms with van der Waals surface area (Å²) in [5.74, 6) is 0. The Bertz CT molecular complexity index is 309. The van der Waals surface area contributed by atoms with Gasteiger partial charge in [0.25, 0.3) is 0 Å². The lowest BCUT2D eigenvalue weighted by molar-refractivity contribution is 0.602. The first kappa shape index (κ1) is 7.28. The second-order valence-corrected chi connectivity index (χ2v) is 3.02. The average Bonchev–Trinajstić information content (AvgIpc) is 2.58. The minimum atomic E-state index is 0.406. The van der Waals surface area contributed by atoms with Crippen LogP contribution in [-0.2, 0) is 0 Å². The molecule has 0 fully saturated rings. The van der Waals surface area contributed by atoms with Crippen LogP contribution in [0.3, 0.4) is 0 Å². The molecule has 0 bridgehead atoms. The van der Waals surface area contributed by atoms with Crippen molar-refractivity contribution in [3.05, 3.63) is 36.5 Å². The van der Waals surface area contributed by atoms with Gasteiger partial charge in [-0.2, -0.15) is 0 Å². The number of hydrogen-bond donors (Lipinski definition) is 0. The smallest absolute Gasteiger partial charge is 0.119 e. The average molecular weight is 161 g/mol. The normalized spacial score (nSPS) is 22.4. The molecule has 1 aliphatic carbocycles. The number of nitrogens with zero attached hydrogens (tertiary/aromatic N) is 3. The van der Waals surface area contributed by atoms with Crippen molar-refractivity contribution in [1.29, 1.82) is 0 Å². The first-order chi connectivity index (χ1) is 5.86. The van der Waals surface area contributed by atoms with E-state index < -0.39 is 0 Å². The van der Waals surface area contributed by atoms with Gasteiger partial charge in [0.05, 0.1) is 6.04 Å². The topological polar surface area (TPSA) is 30.7 Å². The maximum absolute atomic E-state index is 3.77. The van der Waals surface area contributed by atoms with Crippen LogP contribution in [0.1, 0.15) is 19.4 Å².